The fourth-order valence-electron chi connectivity index (χ4n) is 3.27. The van der Waals surface area contributed by atoms with Crippen LogP contribution in [0.25, 0.3) is 0 Å². The summed E-state index contributed by atoms with van der Waals surface area (Å²) in [6.45, 7) is 18.5. The molecule has 0 atom stereocenters. The number of nitrogens with zero attached hydrogens (tertiary/aromatic N) is 4. The Morgan fingerprint density at radius 1 is 0.750 bits per heavy atom. The second-order valence-electron chi connectivity index (χ2n) is 8.40. The zero-order chi connectivity index (χ0) is 21.2. The summed E-state index contributed by atoms with van der Waals surface area (Å²) in [5, 5.41) is 9.18. The van der Waals surface area contributed by atoms with Crippen molar-refractivity contribution in [2.75, 3.05) is 78.5 Å². The molecule has 0 amide bonds. The molecule has 1 fully saturated rings. The summed E-state index contributed by atoms with van der Waals surface area (Å²) >= 11 is 0. The van der Waals surface area contributed by atoms with Crippen LogP contribution in [0, 0.1) is 0 Å². The lowest BCUT2D eigenvalue weighted by molar-refractivity contribution is -0.156. The van der Waals surface area contributed by atoms with E-state index in [1.165, 1.54) is 0 Å². The highest BCUT2D eigenvalue weighted by Gasteiger charge is 2.21. The van der Waals surface area contributed by atoms with E-state index in [9.17, 15) is 14.7 Å². The summed E-state index contributed by atoms with van der Waals surface area (Å²) in [6.07, 6.45) is 0. The van der Waals surface area contributed by atoms with Crippen LogP contribution in [0.15, 0.2) is 0 Å². The number of carboxylic acid groups (broad SMARTS) is 1. The van der Waals surface area contributed by atoms with Crippen LogP contribution in [-0.4, -0.2) is 121 Å². The quantitative estimate of drug-likeness (QED) is 0.652. The lowest BCUT2D eigenvalue weighted by Gasteiger charge is -2.33. The minimum atomic E-state index is -0.776. The second-order valence-corrected chi connectivity index (χ2v) is 8.40. The third-order valence-electron chi connectivity index (χ3n) is 4.96. The largest absolute Gasteiger partial charge is 0.480 e. The summed E-state index contributed by atoms with van der Waals surface area (Å²) < 4.78 is 5.50. The molecular formula is C20H40N4O4. The summed E-state index contributed by atoms with van der Waals surface area (Å²) in [6, 6.07) is 0. The van der Waals surface area contributed by atoms with Crippen LogP contribution in [0.4, 0.5) is 0 Å². The maximum absolute atomic E-state index is 12.3. The van der Waals surface area contributed by atoms with Crippen LogP contribution in [-0.2, 0) is 14.3 Å². The monoisotopic (exact) mass is 400 g/mol. The van der Waals surface area contributed by atoms with Gasteiger partial charge < -0.3 is 19.6 Å². The van der Waals surface area contributed by atoms with Gasteiger partial charge in [-0.15, -0.1) is 0 Å². The summed E-state index contributed by atoms with van der Waals surface area (Å²) in [7, 11) is 0. The first-order valence-electron chi connectivity index (χ1n) is 10.5. The van der Waals surface area contributed by atoms with Crippen LogP contribution in [0.2, 0.25) is 0 Å². The average Bonchev–Trinajstić information content (AvgIpc) is 2.57. The summed E-state index contributed by atoms with van der Waals surface area (Å²) in [4.78, 5) is 32.3. The Balaban J connectivity index is 2.75. The van der Waals surface area contributed by atoms with E-state index in [0.29, 0.717) is 6.54 Å². The summed E-state index contributed by atoms with van der Waals surface area (Å²) in [5.74, 6) is -0.958. The van der Waals surface area contributed by atoms with Gasteiger partial charge in [0.15, 0.2) is 0 Å². The van der Waals surface area contributed by atoms with Crippen molar-refractivity contribution in [3.05, 3.63) is 0 Å². The molecule has 1 rings (SSSR count). The number of likely N-dealkylation sites (N-methyl/N-ethyl adjacent to an activating group) is 2. The van der Waals surface area contributed by atoms with Gasteiger partial charge in [0.2, 0.25) is 0 Å². The third kappa shape index (κ3) is 10.9. The zero-order valence-corrected chi connectivity index (χ0v) is 18.4. The highest BCUT2D eigenvalue weighted by Crippen LogP contribution is 2.08. The van der Waals surface area contributed by atoms with Crippen molar-refractivity contribution in [1.82, 2.24) is 19.6 Å². The first-order valence-corrected chi connectivity index (χ1v) is 10.5. The topological polar surface area (TPSA) is 76.6 Å². The molecule has 28 heavy (non-hydrogen) atoms. The van der Waals surface area contributed by atoms with E-state index >= 15 is 0 Å². The molecule has 1 aliphatic heterocycles. The third-order valence-corrected chi connectivity index (χ3v) is 4.96. The van der Waals surface area contributed by atoms with E-state index in [1.807, 2.05) is 25.7 Å². The molecule has 1 saturated heterocycles. The highest BCUT2D eigenvalue weighted by molar-refractivity contribution is 5.72. The summed E-state index contributed by atoms with van der Waals surface area (Å²) in [5.41, 5.74) is -0.470. The molecule has 8 heteroatoms. The molecule has 1 N–H and O–H groups in total. The Morgan fingerprint density at radius 2 is 1.11 bits per heavy atom. The van der Waals surface area contributed by atoms with Gasteiger partial charge in [-0.05, 0) is 33.9 Å². The van der Waals surface area contributed by atoms with Crippen molar-refractivity contribution in [3.63, 3.8) is 0 Å². The first kappa shape index (κ1) is 24.8. The molecule has 0 aromatic heterocycles. The molecule has 8 nitrogen and oxygen atoms in total. The van der Waals surface area contributed by atoms with Gasteiger partial charge in [-0.2, -0.15) is 0 Å². The molecule has 164 valence electrons. The molecule has 1 heterocycles. The second kappa shape index (κ2) is 12.4. The first-order chi connectivity index (χ1) is 13.1. The van der Waals surface area contributed by atoms with Crippen molar-refractivity contribution < 1.29 is 19.4 Å². The van der Waals surface area contributed by atoms with Gasteiger partial charge in [0, 0.05) is 52.4 Å². The SMILES string of the molecule is CCN1CCN(CC(=O)O)CCN(CC)CCN(CC(=O)OC(C)(C)C)CC1. The van der Waals surface area contributed by atoms with Crippen LogP contribution in [0.1, 0.15) is 34.6 Å². The van der Waals surface area contributed by atoms with E-state index in [4.69, 9.17) is 4.74 Å². The van der Waals surface area contributed by atoms with Crippen molar-refractivity contribution in [3.8, 4) is 0 Å². The number of hydrogen-bond donors (Lipinski definition) is 1. The maximum atomic E-state index is 12.3. The van der Waals surface area contributed by atoms with Gasteiger partial charge in [0.05, 0.1) is 13.1 Å². The number of ether oxygens (including phenoxy) is 1. The van der Waals surface area contributed by atoms with Gasteiger partial charge in [0.1, 0.15) is 5.60 Å². The Kier molecular flexibility index (Phi) is 11.0. The van der Waals surface area contributed by atoms with Crippen molar-refractivity contribution in [2.45, 2.75) is 40.2 Å². The molecule has 0 aliphatic carbocycles. The van der Waals surface area contributed by atoms with Gasteiger partial charge in [0.25, 0.3) is 0 Å². The smallest absolute Gasteiger partial charge is 0.320 e. The van der Waals surface area contributed by atoms with E-state index < -0.39 is 11.6 Å². The van der Waals surface area contributed by atoms with Gasteiger partial charge in [-0.1, -0.05) is 13.8 Å². The lowest BCUT2D eigenvalue weighted by atomic mass is 10.2. The van der Waals surface area contributed by atoms with Crippen molar-refractivity contribution >= 4 is 11.9 Å². The fourth-order valence-corrected chi connectivity index (χ4v) is 3.27. The number of hydrogen-bond acceptors (Lipinski definition) is 7. The number of esters is 1. The lowest BCUT2D eigenvalue weighted by Crippen LogP contribution is -2.48. The molecule has 0 saturated carbocycles. The molecule has 0 bridgehead atoms. The van der Waals surface area contributed by atoms with Crippen LogP contribution >= 0.6 is 0 Å². The van der Waals surface area contributed by atoms with Gasteiger partial charge >= 0.3 is 11.9 Å². The van der Waals surface area contributed by atoms with Crippen LogP contribution < -0.4 is 0 Å². The number of rotatable bonds is 6. The Bertz CT molecular complexity index is 461. The minimum Gasteiger partial charge on any atom is -0.480 e. The molecule has 1 aliphatic rings. The van der Waals surface area contributed by atoms with E-state index in [0.717, 1.165) is 65.4 Å². The fraction of sp³-hybridized carbons (Fsp3) is 0.900. The predicted molar refractivity (Wildman–Crippen MR) is 111 cm³/mol. The van der Waals surface area contributed by atoms with Gasteiger partial charge in [-0.3, -0.25) is 19.4 Å². The van der Waals surface area contributed by atoms with Crippen LogP contribution in [0.5, 0.6) is 0 Å². The maximum Gasteiger partial charge on any atom is 0.320 e. The molecule has 0 aromatic carbocycles. The number of aliphatic carboxylic acids is 1. The number of carboxylic acids is 1. The predicted octanol–water partition coefficient (Wildman–Crippen LogP) is 0.674. The Labute approximate surface area is 170 Å². The molecule has 0 aromatic rings. The van der Waals surface area contributed by atoms with E-state index in [-0.39, 0.29) is 12.5 Å². The molecular weight excluding hydrogens is 360 g/mol. The van der Waals surface area contributed by atoms with Crippen molar-refractivity contribution in [1.29, 1.82) is 0 Å². The van der Waals surface area contributed by atoms with E-state index in [2.05, 4.69) is 28.5 Å². The minimum absolute atomic E-state index is 0.0832. The standard InChI is InChI=1S/C20H40N4O4/c1-6-21-8-12-23(16-18(25)26)13-9-22(7-2)11-15-24(14-10-21)17-19(27)28-20(3,4)5/h6-17H2,1-5H3,(H,25,26). The normalized spacial score (nSPS) is 20.3. The molecule has 0 radical (unpaired) electrons. The molecule has 0 unspecified atom stereocenters. The van der Waals surface area contributed by atoms with Gasteiger partial charge in [-0.25, -0.2) is 0 Å². The number of carbonyl (C=O) groups is 2. The molecule has 0 spiro atoms. The van der Waals surface area contributed by atoms with Crippen molar-refractivity contribution in [2.24, 2.45) is 0 Å². The average molecular weight is 401 g/mol. The Hall–Kier alpha value is -1.22. The number of carbonyl (C=O) groups excluding carboxylic acids is 1. The Morgan fingerprint density at radius 3 is 1.43 bits per heavy atom. The van der Waals surface area contributed by atoms with Crippen LogP contribution in [0.3, 0.4) is 0 Å². The zero-order valence-electron chi connectivity index (χ0n) is 18.4. The highest BCUT2D eigenvalue weighted by atomic mass is 16.6. The van der Waals surface area contributed by atoms with E-state index in [1.54, 1.807) is 0 Å².